The molecule has 0 atom stereocenters. The number of nitrogens with zero attached hydrogens (tertiary/aromatic N) is 6. The first-order chi connectivity index (χ1) is 15.6. The second-order valence-electron chi connectivity index (χ2n) is 8.79. The van der Waals surface area contributed by atoms with Crippen LogP contribution < -0.4 is 4.90 Å². The molecule has 166 valence electrons. The van der Waals surface area contributed by atoms with Crippen LogP contribution in [0.15, 0.2) is 48.1 Å². The maximum Gasteiger partial charge on any atom is 0.146 e. The summed E-state index contributed by atoms with van der Waals surface area (Å²) in [4.78, 5) is 15.7. The fraction of sp³-hybridized carbons (Fsp3) is 0.400. The predicted molar refractivity (Wildman–Crippen MR) is 132 cm³/mol. The summed E-state index contributed by atoms with van der Waals surface area (Å²) in [7, 11) is 4.14. The molecule has 4 aromatic rings. The second kappa shape index (κ2) is 9.00. The van der Waals surface area contributed by atoms with Gasteiger partial charge < -0.3 is 9.80 Å². The highest BCUT2D eigenvalue weighted by Crippen LogP contribution is 2.40. The van der Waals surface area contributed by atoms with E-state index >= 15 is 0 Å². The van der Waals surface area contributed by atoms with Gasteiger partial charge in [-0.1, -0.05) is 30.3 Å². The van der Waals surface area contributed by atoms with E-state index in [-0.39, 0.29) is 0 Å². The van der Waals surface area contributed by atoms with E-state index in [0.717, 1.165) is 55.5 Å². The highest BCUT2D eigenvalue weighted by Gasteiger charge is 2.26. The molecule has 0 saturated carbocycles. The molecule has 1 saturated heterocycles. The number of aromatic nitrogens is 4. The van der Waals surface area contributed by atoms with Crippen LogP contribution in [0, 0.1) is 0 Å². The summed E-state index contributed by atoms with van der Waals surface area (Å²) in [6.45, 7) is 5.80. The molecule has 1 aliphatic rings. The molecule has 0 radical (unpaired) electrons. The first-order valence-electron chi connectivity index (χ1n) is 11.4. The van der Waals surface area contributed by atoms with Crippen LogP contribution in [0.5, 0.6) is 0 Å². The summed E-state index contributed by atoms with van der Waals surface area (Å²) in [5.74, 6) is 2.56. The number of piperidine rings is 1. The molecular weight excluding hydrogens is 416 g/mol. The minimum absolute atomic E-state index is 0.571. The molecule has 7 heteroatoms. The second-order valence-corrected chi connectivity index (χ2v) is 9.65. The van der Waals surface area contributed by atoms with Crippen molar-refractivity contribution in [1.29, 1.82) is 0 Å². The quantitative estimate of drug-likeness (QED) is 0.416. The molecule has 1 fully saturated rings. The van der Waals surface area contributed by atoms with Crippen molar-refractivity contribution in [2.75, 3.05) is 32.1 Å². The Balaban J connectivity index is 1.49. The molecule has 0 aliphatic carbocycles. The maximum absolute atomic E-state index is 5.10. The van der Waals surface area contributed by atoms with Crippen LogP contribution in [0.1, 0.15) is 37.1 Å². The Morgan fingerprint density at radius 2 is 1.88 bits per heavy atom. The van der Waals surface area contributed by atoms with Crippen molar-refractivity contribution < 1.29 is 0 Å². The van der Waals surface area contributed by atoms with Gasteiger partial charge in [-0.05, 0) is 50.9 Å². The Kier molecular flexibility index (Phi) is 5.93. The molecule has 0 amide bonds. The van der Waals surface area contributed by atoms with Crippen molar-refractivity contribution in [3.63, 3.8) is 0 Å². The monoisotopic (exact) mass is 446 g/mol. The zero-order valence-electron chi connectivity index (χ0n) is 19.0. The Hall–Kier alpha value is -2.77. The van der Waals surface area contributed by atoms with Gasteiger partial charge in [0.1, 0.15) is 16.5 Å². The van der Waals surface area contributed by atoms with Crippen molar-refractivity contribution in [1.82, 2.24) is 24.6 Å². The number of anilines is 1. The van der Waals surface area contributed by atoms with Gasteiger partial charge in [-0.2, -0.15) is 5.10 Å². The Morgan fingerprint density at radius 1 is 1.09 bits per heavy atom. The number of hydrogen-bond acceptors (Lipinski definition) is 6. The summed E-state index contributed by atoms with van der Waals surface area (Å²) < 4.78 is 2.03. The number of aryl methyl sites for hydroxylation is 1. The van der Waals surface area contributed by atoms with Gasteiger partial charge in [-0.3, -0.25) is 4.68 Å². The van der Waals surface area contributed by atoms with Crippen molar-refractivity contribution in [2.24, 2.45) is 0 Å². The van der Waals surface area contributed by atoms with Gasteiger partial charge in [0, 0.05) is 36.8 Å². The van der Waals surface area contributed by atoms with Gasteiger partial charge in [0.15, 0.2) is 0 Å². The van der Waals surface area contributed by atoms with E-state index in [9.17, 15) is 0 Å². The highest BCUT2D eigenvalue weighted by molar-refractivity contribution is 7.17. The molecule has 1 aromatic carbocycles. The van der Waals surface area contributed by atoms with E-state index in [1.165, 1.54) is 22.1 Å². The first kappa shape index (κ1) is 21.1. The van der Waals surface area contributed by atoms with Gasteiger partial charge in [0.2, 0.25) is 0 Å². The first-order valence-corrected chi connectivity index (χ1v) is 12.3. The minimum atomic E-state index is 0.571. The minimum Gasteiger partial charge on any atom is -0.356 e. The van der Waals surface area contributed by atoms with Gasteiger partial charge in [-0.25, -0.2) is 9.97 Å². The van der Waals surface area contributed by atoms with Gasteiger partial charge >= 0.3 is 0 Å². The number of fused-ring (bicyclic) bond motifs is 1. The summed E-state index contributed by atoms with van der Waals surface area (Å²) in [6.07, 6.45) is 6.50. The van der Waals surface area contributed by atoms with E-state index in [1.54, 1.807) is 11.3 Å². The van der Waals surface area contributed by atoms with Gasteiger partial charge in [0.25, 0.3) is 0 Å². The highest BCUT2D eigenvalue weighted by atomic mass is 32.1. The standard InChI is InChI=1S/C25H30N6S/c1-4-31-15-20(14-26-31)18-10-12-30(13-11-18)24-23-21(19-8-6-5-7-9-19)17-32-25(23)28-22(27-24)16-29(2)3/h5-9,14-15,17-18H,4,10-13,16H2,1-3H3. The molecule has 0 N–H and O–H groups in total. The van der Waals surface area contributed by atoms with Gasteiger partial charge in [0.05, 0.1) is 18.1 Å². The Bertz CT molecular complexity index is 1190. The fourth-order valence-electron chi connectivity index (χ4n) is 4.57. The van der Waals surface area contributed by atoms with E-state index in [2.05, 4.69) is 77.8 Å². The predicted octanol–water partition coefficient (Wildman–Crippen LogP) is 5.02. The molecule has 0 spiro atoms. The number of thiophene rings is 1. The zero-order chi connectivity index (χ0) is 22.1. The SMILES string of the molecule is CCn1cc(C2CCN(c3nc(CN(C)C)nc4scc(-c5ccccc5)c34)CC2)cn1. The van der Waals surface area contributed by atoms with Crippen LogP contribution in [0.4, 0.5) is 5.82 Å². The Labute approximate surface area is 193 Å². The summed E-state index contributed by atoms with van der Waals surface area (Å²) in [5.41, 5.74) is 3.84. The molecule has 4 heterocycles. The number of benzene rings is 1. The maximum atomic E-state index is 5.10. The van der Waals surface area contributed by atoms with Crippen molar-refractivity contribution in [3.05, 3.63) is 59.5 Å². The lowest BCUT2D eigenvalue weighted by Gasteiger charge is -2.33. The van der Waals surface area contributed by atoms with Crippen LogP contribution >= 0.6 is 11.3 Å². The van der Waals surface area contributed by atoms with Crippen LogP contribution in [-0.2, 0) is 13.1 Å². The van der Waals surface area contributed by atoms with Crippen LogP contribution in [0.25, 0.3) is 21.3 Å². The summed E-state index contributed by atoms with van der Waals surface area (Å²) >= 11 is 1.72. The molecule has 0 unspecified atom stereocenters. The lowest BCUT2D eigenvalue weighted by atomic mass is 9.91. The van der Waals surface area contributed by atoms with Crippen molar-refractivity contribution in [3.8, 4) is 11.1 Å². The topological polar surface area (TPSA) is 50.1 Å². The molecule has 3 aromatic heterocycles. The van der Waals surface area contributed by atoms with Crippen molar-refractivity contribution in [2.45, 2.75) is 38.8 Å². The molecular formula is C25H30N6S. The average molecular weight is 447 g/mol. The normalized spacial score (nSPS) is 15.2. The van der Waals surface area contributed by atoms with E-state index < -0.39 is 0 Å². The van der Waals surface area contributed by atoms with Crippen LogP contribution in [0.2, 0.25) is 0 Å². The average Bonchev–Trinajstić information content (AvgIpc) is 3.46. The van der Waals surface area contributed by atoms with Crippen LogP contribution in [0.3, 0.4) is 0 Å². The van der Waals surface area contributed by atoms with Crippen LogP contribution in [-0.4, -0.2) is 51.8 Å². The molecule has 32 heavy (non-hydrogen) atoms. The number of hydrogen-bond donors (Lipinski definition) is 0. The Morgan fingerprint density at radius 3 is 2.56 bits per heavy atom. The van der Waals surface area contributed by atoms with Crippen molar-refractivity contribution >= 4 is 27.4 Å². The molecule has 5 rings (SSSR count). The van der Waals surface area contributed by atoms with E-state index in [1.807, 2.05) is 10.9 Å². The van der Waals surface area contributed by atoms with Gasteiger partial charge in [-0.15, -0.1) is 11.3 Å². The third-order valence-corrected chi connectivity index (χ3v) is 7.12. The fourth-order valence-corrected chi connectivity index (χ4v) is 5.53. The third-order valence-electron chi connectivity index (χ3n) is 6.25. The van der Waals surface area contributed by atoms with E-state index in [4.69, 9.17) is 9.97 Å². The lowest BCUT2D eigenvalue weighted by Crippen LogP contribution is -2.34. The molecule has 0 bridgehead atoms. The summed E-state index contributed by atoms with van der Waals surface area (Å²) in [5, 5.41) is 7.92. The largest absolute Gasteiger partial charge is 0.356 e. The third kappa shape index (κ3) is 4.14. The smallest absolute Gasteiger partial charge is 0.146 e. The number of rotatable bonds is 6. The zero-order valence-corrected chi connectivity index (χ0v) is 19.8. The van der Waals surface area contributed by atoms with E-state index in [0.29, 0.717) is 5.92 Å². The summed E-state index contributed by atoms with van der Waals surface area (Å²) in [6, 6.07) is 10.6. The lowest BCUT2D eigenvalue weighted by molar-refractivity contribution is 0.391. The molecule has 6 nitrogen and oxygen atoms in total. The molecule has 1 aliphatic heterocycles.